The number of phenols is 2. The van der Waals surface area contributed by atoms with Gasteiger partial charge in [-0.15, -0.1) is 0 Å². The molecule has 0 saturated heterocycles. The maximum Gasteiger partial charge on any atom is 0.336 e. The fraction of sp³-hybridized carbons (Fsp3) is 0.471. The molecule has 1 aliphatic rings. The molecule has 0 fully saturated rings. The minimum absolute atomic E-state index is 0.349. The van der Waals surface area contributed by atoms with Crippen LogP contribution in [0, 0.1) is 0 Å². The quantitative estimate of drug-likeness (QED) is 0.0451. The van der Waals surface area contributed by atoms with E-state index in [0.29, 0.717) is 24.6 Å². The molecular formula is C85H129N3O6Si8. The van der Waals surface area contributed by atoms with Crippen LogP contribution in [0.15, 0.2) is 172 Å². The molecule has 9 rings (SSSR count). The summed E-state index contributed by atoms with van der Waals surface area (Å²) in [5.41, 5.74) is 7.24. The zero-order valence-electron chi connectivity index (χ0n) is 67.2. The fourth-order valence-electron chi connectivity index (χ4n) is 15.0. The second kappa shape index (κ2) is 34.2. The molecule has 0 aliphatic heterocycles. The lowest BCUT2D eigenvalue weighted by molar-refractivity contribution is 0.457. The number of benzene rings is 7. The number of unbranched alkanes of at least 4 members (excludes halogenated alkanes) is 2. The largest absolute Gasteiger partial charge is 0.508 e. The van der Waals surface area contributed by atoms with Gasteiger partial charge in [-0.3, -0.25) is 0 Å². The van der Waals surface area contributed by atoms with Gasteiger partial charge in [0.1, 0.15) is 11.5 Å². The van der Waals surface area contributed by atoms with Crippen LogP contribution < -0.4 is 48.2 Å². The van der Waals surface area contributed by atoms with Crippen LogP contribution in [0.1, 0.15) is 99.1 Å². The van der Waals surface area contributed by atoms with Crippen molar-refractivity contribution in [3.8, 4) is 22.6 Å². The van der Waals surface area contributed by atoms with Gasteiger partial charge in [-0.25, -0.2) is 28.1 Å². The van der Waals surface area contributed by atoms with Gasteiger partial charge in [0, 0.05) is 20.1 Å². The molecule has 0 amide bonds. The second-order valence-electron chi connectivity index (χ2n) is 35.7. The molecule has 0 spiro atoms. The van der Waals surface area contributed by atoms with Gasteiger partial charge < -0.3 is 14.3 Å². The summed E-state index contributed by atoms with van der Waals surface area (Å²) in [7, 11) is -10.1. The van der Waals surface area contributed by atoms with E-state index >= 15 is 0 Å². The fourth-order valence-corrected chi connectivity index (χ4v) is 37.6. The van der Waals surface area contributed by atoms with Gasteiger partial charge in [0.25, 0.3) is 0 Å². The van der Waals surface area contributed by atoms with E-state index in [9.17, 15) is 24.6 Å². The third-order valence-corrected chi connectivity index (χ3v) is 46.5. The Morgan fingerprint density at radius 2 is 0.706 bits per heavy atom. The van der Waals surface area contributed by atoms with Crippen molar-refractivity contribution in [2.75, 3.05) is 0 Å². The van der Waals surface area contributed by atoms with Gasteiger partial charge >= 0.3 is 17.1 Å². The Morgan fingerprint density at radius 3 is 1.09 bits per heavy atom. The van der Waals surface area contributed by atoms with Crippen LogP contribution in [0.2, 0.25) is 155 Å². The lowest BCUT2D eigenvalue weighted by Crippen LogP contribution is -2.53. The predicted octanol–water partition coefficient (Wildman–Crippen LogP) is 17.9. The van der Waals surface area contributed by atoms with Crippen molar-refractivity contribution in [1.82, 2.24) is 13.7 Å². The van der Waals surface area contributed by atoms with E-state index in [0.717, 1.165) is 84.2 Å². The van der Waals surface area contributed by atoms with Gasteiger partial charge in [-0.2, -0.15) is 0 Å². The Balaban J connectivity index is 0.000000230. The molecule has 102 heavy (non-hydrogen) atoms. The minimum Gasteiger partial charge on any atom is -0.508 e. The first kappa shape index (κ1) is 83.5. The molecule has 0 bridgehead atoms. The first-order valence-corrected chi connectivity index (χ1v) is 64.7. The highest BCUT2D eigenvalue weighted by atomic mass is 28.4. The molecule has 0 radical (unpaired) electrons. The first-order valence-electron chi connectivity index (χ1n) is 38.3. The topological polar surface area (TPSA) is 116 Å². The molecule has 7 aromatic carbocycles. The first-order chi connectivity index (χ1) is 47.5. The Hall–Kier alpha value is -5.75. The molecule has 552 valence electrons. The maximum absolute atomic E-state index is 12.8. The van der Waals surface area contributed by atoms with Gasteiger partial charge in [0.2, 0.25) is 0 Å². The summed E-state index contributed by atoms with van der Waals surface area (Å²) in [4.78, 5) is 37.6. The average Bonchev–Trinajstić information content (AvgIpc) is 1.53. The highest BCUT2D eigenvalue weighted by Crippen LogP contribution is 2.57. The SMILES string of the molecule is CCCCc1cc(C2(c3ccc(O)c(CCC[Si](C)(C)c4ccc([Si](C)(C)C)cc4)c3)c3ccccc3-c3ccccc32)ccc1O.CCCCn1c(=O)n(C)c(=O)n(CCC[Si](C)(C)c2ccc([Si](C)(C)C)cc2)c1=O.CCC[Si](C)(C)O[Si](C)(C)CC[Si](C)(C)c1ccc([Si](C)(C)C)cc1. The third-order valence-electron chi connectivity index (χ3n) is 21.8. The average molecular weight is 1510 g/mol. The predicted molar refractivity (Wildman–Crippen MR) is 464 cm³/mol. The van der Waals surface area contributed by atoms with Gasteiger partial charge in [-0.05, 0) is 127 Å². The van der Waals surface area contributed by atoms with E-state index in [-0.39, 0.29) is 0 Å². The van der Waals surface area contributed by atoms with Crippen LogP contribution in [0.5, 0.6) is 11.5 Å². The van der Waals surface area contributed by atoms with E-state index in [2.05, 4.69) is 284 Å². The van der Waals surface area contributed by atoms with Crippen molar-refractivity contribution < 1.29 is 14.3 Å². The molecule has 2 N–H and O–H groups in total. The molecule has 1 heterocycles. The number of rotatable bonds is 29. The van der Waals surface area contributed by atoms with E-state index in [1.54, 1.807) is 10.4 Å². The van der Waals surface area contributed by atoms with E-state index < -0.39 is 87.6 Å². The number of fused-ring (bicyclic) bond motifs is 3. The van der Waals surface area contributed by atoms with Gasteiger partial charge in [0.05, 0.1) is 53.9 Å². The number of nitrogens with zero attached hydrogens (tertiary/aromatic N) is 3. The standard InChI is InChI=1S/C43H50O2Si2.C22H37N3O3Si2.C20H42OSi4/c1-7-8-14-31-29-33(20-26-41(31)44)43(39-18-11-9-16-37(39)38-17-10-12-19-40(38)43)34-21-27-42(45)32(30-34)15-13-28-47(5,6)36-24-22-35(23-25-36)46(2,3)4;1-8-9-15-24-20(26)23(2)21(27)25(22(24)28)16-10-17-30(6,7)19-13-11-18(12-14-19)29(3,4)5;1-11-16-24(7,8)21-25(9,10)18-17-23(5,6)20-14-12-19(13-15-20)22(2,3)4/h9-12,16-27,29-30,44-45H,7-8,13-15,28H2,1-6H3;11-14H,8-10,15-17H2,1-7H3;12-15H,11,16-18H2,1-10H3. The number of aromatic nitrogens is 3. The van der Waals surface area contributed by atoms with Crippen molar-refractivity contribution in [3.63, 3.8) is 0 Å². The highest BCUT2D eigenvalue weighted by molar-refractivity contribution is 6.93. The van der Waals surface area contributed by atoms with Crippen molar-refractivity contribution in [2.24, 2.45) is 7.05 Å². The van der Waals surface area contributed by atoms with E-state index in [1.165, 1.54) is 89.8 Å². The van der Waals surface area contributed by atoms with Crippen molar-refractivity contribution in [2.45, 2.75) is 252 Å². The Morgan fingerprint density at radius 1 is 0.363 bits per heavy atom. The summed E-state index contributed by atoms with van der Waals surface area (Å²) >= 11 is 0. The summed E-state index contributed by atoms with van der Waals surface area (Å²) in [6, 6.07) is 64.5. The zero-order valence-corrected chi connectivity index (χ0v) is 75.2. The summed E-state index contributed by atoms with van der Waals surface area (Å²) in [6.45, 7) is 53.1. The Labute approximate surface area is 623 Å². The monoisotopic (exact) mass is 1510 g/mol. The lowest BCUT2D eigenvalue weighted by atomic mass is 9.67. The van der Waals surface area contributed by atoms with Crippen molar-refractivity contribution >= 4 is 96.2 Å². The lowest BCUT2D eigenvalue weighted by Gasteiger charge is -2.36. The summed E-state index contributed by atoms with van der Waals surface area (Å²) < 4.78 is 10.2. The Bertz CT molecular complexity index is 4240. The Kier molecular flexibility index (Phi) is 28.0. The summed E-state index contributed by atoms with van der Waals surface area (Å²) in [6.07, 6.45) is 8.44. The molecule has 0 atom stereocenters. The molecule has 1 aromatic heterocycles. The second-order valence-corrected chi connectivity index (χ2v) is 74.3. The molecule has 8 aromatic rings. The molecule has 0 unspecified atom stereocenters. The molecule has 9 nitrogen and oxygen atoms in total. The van der Waals surface area contributed by atoms with Crippen LogP contribution in [0.25, 0.3) is 11.1 Å². The van der Waals surface area contributed by atoms with E-state index in [1.807, 2.05) is 19.1 Å². The van der Waals surface area contributed by atoms with Crippen molar-refractivity contribution in [1.29, 1.82) is 0 Å². The van der Waals surface area contributed by atoms with Crippen LogP contribution in [0.3, 0.4) is 0 Å². The number of hydrogen-bond acceptors (Lipinski definition) is 6. The van der Waals surface area contributed by atoms with Crippen LogP contribution in [-0.4, -0.2) is 89.0 Å². The number of aryl methyl sites for hydroxylation is 2. The van der Waals surface area contributed by atoms with Gasteiger partial charge in [0.15, 0.2) is 16.6 Å². The van der Waals surface area contributed by atoms with Crippen LogP contribution in [0.4, 0.5) is 0 Å². The minimum atomic E-state index is -1.69. The van der Waals surface area contributed by atoms with Gasteiger partial charge in [-0.1, -0.05) is 340 Å². The number of hydrogen-bond donors (Lipinski definition) is 2. The summed E-state index contributed by atoms with van der Waals surface area (Å²) in [5.74, 6) is 0.738. The van der Waals surface area contributed by atoms with Crippen LogP contribution in [-0.2, 0) is 42.5 Å². The number of phenolic OH excluding ortho intramolecular Hbond substituents is 2. The molecule has 1 aliphatic carbocycles. The normalized spacial score (nSPS) is 13.4. The molecule has 0 saturated carbocycles. The van der Waals surface area contributed by atoms with Crippen molar-refractivity contribution in [3.05, 3.63) is 223 Å². The number of aromatic hydroxyl groups is 2. The maximum atomic E-state index is 12.8. The van der Waals surface area contributed by atoms with E-state index in [4.69, 9.17) is 4.12 Å². The third kappa shape index (κ3) is 20.6. The smallest absolute Gasteiger partial charge is 0.336 e. The summed E-state index contributed by atoms with van der Waals surface area (Å²) in [5, 5.41) is 31.2. The molecular weight excluding hydrogens is 1380 g/mol. The molecule has 17 heteroatoms. The highest BCUT2D eigenvalue weighted by Gasteiger charge is 2.47. The van der Waals surface area contributed by atoms with Crippen LogP contribution >= 0.6 is 0 Å². The zero-order chi connectivity index (χ0) is 75.6.